The van der Waals surface area contributed by atoms with Crippen LogP contribution in [0.1, 0.15) is 32.0 Å². The first-order valence-corrected chi connectivity index (χ1v) is 9.67. The van der Waals surface area contributed by atoms with Gasteiger partial charge in [-0.25, -0.2) is 9.97 Å². The van der Waals surface area contributed by atoms with E-state index in [-0.39, 0.29) is 0 Å². The Morgan fingerprint density at radius 2 is 2.12 bits per heavy atom. The van der Waals surface area contributed by atoms with E-state index in [2.05, 4.69) is 45.6 Å². The van der Waals surface area contributed by atoms with Crippen LogP contribution in [0.15, 0.2) is 55.1 Å². The van der Waals surface area contributed by atoms with Gasteiger partial charge in [0.15, 0.2) is 0 Å². The van der Waals surface area contributed by atoms with Crippen molar-refractivity contribution in [1.29, 1.82) is 0 Å². The lowest BCUT2D eigenvalue weighted by molar-refractivity contribution is 0.247. The van der Waals surface area contributed by atoms with Crippen molar-refractivity contribution in [2.24, 2.45) is 0 Å². The van der Waals surface area contributed by atoms with Crippen molar-refractivity contribution in [3.63, 3.8) is 0 Å². The number of nitrogens with one attached hydrogen (secondary N) is 2. The highest BCUT2D eigenvalue weighted by Crippen LogP contribution is 2.24. The zero-order chi connectivity index (χ0) is 18.8. The Morgan fingerprint density at radius 1 is 1.27 bits per heavy atom. The molecule has 0 bridgehead atoms. The normalized spacial score (nSPS) is 11.3. The Labute approximate surface area is 160 Å². The minimum absolute atomic E-state index is 0.573. The highest BCUT2D eigenvalue weighted by Gasteiger charge is 2.09. The second-order valence-corrected chi connectivity index (χ2v) is 6.32. The summed E-state index contributed by atoms with van der Waals surface area (Å²) in [6, 6.07) is 10.2. The molecule has 5 nitrogen and oxygen atoms in total. The molecule has 2 aromatic rings. The molecule has 0 saturated heterocycles. The molecule has 0 aliphatic carbocycles. The van der Waals surface area contributed by atoms with Gasteiger partial charge in [-0.05, 0) is 31.5 Å². The molecule has 138 valence electrons. The van der Waals surface area contributed by atoms with Gasteiger partial charge in [-0.15, -0.1) is 0 Å². The average Bonchev–Trinajstić information content (AvgIpc) is 2.63. The summed E-state index contributed by atoms with van der Waals surface area (Å²) in [4.78, 5) is 8.68. The Bertz CT molecular complexity index is 761. The Morgan fingerprint density at radius 3 is 2.85 bits per heavy atom. The second kappa shape index (κ2) is 10.6. The molecular formula is C20H26N4OS. The Balaban J connectivity index is 2.13. The fourth-order valence-electron chi connectivity index (χ4n) is 2.40. The van der Waals surface area contributed by atoms with Crippen LogP contribution in [0.3, 0.4) is 0 Å². The molecule has 0 saturated carbocycles. The fraction of sp³-hybridized carbons (Fsp3) is 0.300. The van der Waals surface area contributed by atoms with Crippen molar-refractivity contribution in [2.45, 2.75) is 26.5 Å². The molecule has 1 heterocycles. The summed E-state index contributed by atoms with van der Waals surface area (Å²) in [7, 11) is 0. The first-order valence-electron chi connectivity index (χ1n) is 8.69. The molecule has 0 aliphatic rings. The van der Waals surface area contributed by atoms with Crippen molar-refractivity contribution in [3.8, 4) is 0 Å². The number of hydrogen-bond acceptors (Lipinski definition) is 6. The summed E-state index contributed by atoms with van der Waals surface area (Å²) < 4.78 is 8.78. The van der Waals surface area contributed by atoms with E-state index in [1.54, 1.807) is 18.3 Å². The topological polar surface area (TPSA) is 59.1 Å². The molecule has 6 heteroatoms. The maximum absolute atomic E-state index is 5.52. The third-order valence-corrected chi connectivity index (χ3v) is 4.51. The van der Waals surface area contributed by atoms with Crippen LogP contribution in [-0.4, -0.2) is 23.1 Å². The van der Waals surface area contributed by atoms with E-state index in [0.717, 1.165) is 35.1 Å². The van der Waals surface area contributed by atoms with E-state index in [9.17, 15) is 0 Å². The lowest BCUT2D eigenvalue weighted by atomic mass is 10.1. The van der Waals surface area contributed by atoms with Gasteiger partial charge in [-0.3, -0.25) is 4.72 Å². The number of benzene rings is 1. The molecule has 0 amide bonds. The van der Waals surface area contributed by atoms with Crippen molar-refractivity contribution >= 4 is 29.0 Å². The van der Waals surface area contributed by atoms with Gasteiger partial charge >= 0.3 is 0 Å². The number of nitrogens with zero attached hydrogens (tertiary/aromatic N) is 2. The minimum atomic E-state index is 0.573. The van der Waals surface area contributed by atoms with E-state index >= 15 is 0 Å². The second-order valence-electron chi connectivity index (χ2n) is 5.46. The van der Waals surface area contributed by atoms with Crippen molar-refractivity contribution in [3.05, 3.63) is 66.3 Å². The summed E-state index contributed by atoms with van der Waals surface area (Å²) in [5, 5.41) is 3.35. The Kier molecular flexibility index (Phi) is 8.18. The SMILES string of the molecule is C=C(OCC)/C(=C\C)c1cc(Nc2cccc(CSNCC)c2)ncn1. The molecule has 1 aromatic carbocycles. The van der Waals surface area contributed by atoms with Gasteiger partial charge < -0.3 is 10.1 Å². The van der Waals surface area contributed by atoms with Crippen LogP contribution in [0.5, 0.6) is 0 Å². The molecule has 2 rings (SSSR count). The predicted molar refractivity (Wildman–Crippen MR) is 111 cm³/mol. The average molecular weight is 371 g/mol. The highest BCUT2D eigenvalue weighted by molar-refractivity contribution is 7.96. The largest absolute Gasteiger partial charge is 0.494 e. The molecule has 0 atom stereocenters. The van der Waals surface area contributed by atoms with E-state index in [4.69, 9.17) is 4.74 Å². The molecular weight excluding hydrogens is 344 g/mol. The fourth-order valence-corrected chi connectivity index (χ4v) is 3.05. The number of rotatable bonds is 10. The van der Waals surface area contributed by atoms with Gasteiger partial charge in [-0.1, -0.05) is 43.7 Å². The third-order valence-electron chi connectivity index (χ3n) is 3.54. The molecule has 0 spiro atoms. The quantitative estimate of drug-likeness (QED) is 0.268. The number of ether oxygens (including phenoxy) is 1. The summed E-state index contributed by atoms with van der Waals surface area (Å²) in [5.41, 5.74) is 3.89. The lowest BCUT2D eigenvalue weighted by Gasteiger charge is -2.12. The monoisotopic (exact) mass is 370 g/mol. The summed E-state index contributed by atoms with van der Waals surface area (Å²) in [6.07, 6.45) is 3.49. The smallest absolute Gasteiger partial charge is 0.134 e. The lowest BCUT2D eigenvalue weighted by Crippen LogP contribution is -2.02. The number of hydrogen-bond donors (Lipinski definition) is 2. The van der Waals surface area contributed by atoms with Crippen molar-refractivity contribution < 1.29 is 4.74 Å². The van der Waals surface area contributed by atoms with E-state index in [1.165, 1.54) is 5.56 Å². The maximum Gasteiger partial charge on any atom is 0.134 e. The number of aromatic nitrogens is 2. The molecule has 0 radical (unpaired) electrons. The van der Waals surface area contributed by atoms with E-state index < -0.39 is 0 Å². The standard InChI is InChI=1S/C20H26N4OS/c1-5-18(15(4)25-7-3)19-12-20(22-14-21-19)24-17-10-8-9-16(11-17)13-26-23-6-2/h5,8-12,14,23H,4,6-7,13H2,1-3H3,(H,21,22,24)/b18-5+. The molecule has 2 N–H and O–H groups in total. The van der Waals surface area contributed by atoms with Crippen LogP contribution < -0.4 is 10.0 Å². The minimum Gasteiger partial charge on any atom is -0.494 e. The Hall–Kier alpha value is -2.31. The highest BCUT2D eigenvalue weighted by atomic mass is 32.2. The zero-order valence-electron chi connectivity index (χ0n) is 15.6. The van der Waals surface area contributed by atoms with Gasteiger partial charge in [0, 0.05) is 29.6 Å². The predicted octanol–water partition coefficient (Wildman–Crippen LogP) is 4.93. The van der Waals surface area contributed by atoms with Gasteiger partial charge in [0.25, 0.3) is 0 Å². The zero-order valence-corrected chi connectivity index (χ0v) is 16.4. The first kappa shape index (κ1) is 20.0. The number of anilines is 2. The molecule has 1 aromatic heterocycles. The van der Waals surface area contributed by atoms with Crippen LogP contribution in [0.2, 0.25) is 0 Å². The molecule has 0 unspecified atom stereocenters. The maximum atomic E-state index is 5.52. The molecule has 26 heavy (non-hydrogen) atoms. The summed E-state index contributed by atoms with van der Waals surface area (Å²) in [6.45, 7) is 11.5. The van der Waals surface area contributed by atoms with Crippen molar-refractivity contribution in [2.75, 3.05) is 18.5 Å². The van der Waals surface area contributed by atoms with E-state index in [0.29, 0.717) is 12.4 Å². The summed E-state index contributed by atoms with van der Waals surface area (Å²) >= 11 is 1.70. The van der Waals surface area contributed by atoms with Crippen LogP contribution in [0, 0.1) is 0 Å². The molecule has 0 fully saturated rings. The van der Waals surface area contributed by atoms with Crippen LogP contribution in [0.25, 0.3) is 5.57 Å². The van der Waals surface area contributed by atoms with Gasteiger partial charge in [0.2, 0.25) is 0 Å². The van der Waals surface area contributed by atoms with Crippen LogP contribution >= 0.6 is 11.9 Å². The molecule has 0 aliphatic heterocycles. The number of allylic oxidation sites excluding steroid dienone is 2. The first-order chi connectivity index (χ1) is 12.7. The van der Waals surface area contributed by atoms with Crippen LogP contribution in [0.4, 0.5) is 11.5 Å². The third kappa shape index (κ3) is 5.89. The van der Waals surface area contributed by atoms with Gasteiger partial charge in [0.1, 0.15) is 17.9 Å². The van der Waals surface area contributed by atoms with Crippen molar-refractivity contribution in [1.82, 2.24) is 14.7 Å². The van der Waals surface area contributed by atoms with Gasteiger partial charge in [-0.2, -0.15) is 0 Å². The van der Waals surface area contributed by atoms with Gasteiger partial charge in [0.05, 0.1) is 12.3 Å². The van der Waals surface area contributed by atoms with Crippen LogP contribution in [-0.2, 0) is 10.5 Å². The summed E-state index contributed by atoms with van der Waals surface area (Å²) in [5.74, 6) is 2.26. The van der Waals surface area contributed by atoms with E-state index in [1.807, 2.05) is 38.1 Å².